The standard InChI is InChI=1S/C11H16N4O/c1-3-4-12-6-10-11(16-8-13-10)9-5-14-15(2)7-9/h5,7-8,12H,3-4,6H2,1-2H3. The van der Waals surface area contributed by atoms with Gasteiger partial charge in [0.25, 0.3) is 0 Å². The van der Waals surface area contributed by atoms with Crippen molar-refractivity contribution in [3.8, 4) is 11.3 Å². The molecule has 0 aliphatic rings. The highest BCUT2D eigenvalue weighted by Gasteiger charge is 2.11. The molecule has 0 unspecified atom stereocenters. The zero-order valence-corrected chi connectivity index (χ0v) is 9.60. The Morgan fingerprint density at radius 2 is 2.38 bits per heavy atom. The number of nitrogens with zero attached hydrogens (tertiary/aromatic N) is 3. The molecule has 0 aliphatic carbocycles. The minimum absolute atomic E-state index is 0.731. The van der Waals surface area contributed by atoms with Crippen LogP contribution in [0.4, 0.5) is 0 Å². The van der Waals surface area contributed by atoms with E-state index in [-0.39, 0.29) is 0 Å². The Morgan fingerprint density at radius 3 is 3.06 bits per heavy atom. The minimum atomic E-state index is 0.731. The maximum absolute atomic E-state index is 5.39. The maximum atomic E-state index is 5.39. The molecule has 5 nitrogen and oxygen atoms in total. The molecule has 0 fully saturated rings. The lowest BCUT2D eigenvalue weighted by Crippen LogP contribution is -2.14. The van der Waals surface area contributed by atoms with Crippen molar-refractivity contribution in [3.05, 3.63) is 24.5 Å². The van der Waals surface area contributed by atoms with Crippen molar-refractivity contribution in [3.63, 3.8) is 0 Å². The summed E-state index contributed by atoms with van der Waals surface area (Å²) in [6.07, 6.45) is 6.29. The Morgan fingerprint density at radius 1 is 1.50 bits per heavy atom. The van der Waals surface area contributed by atoms with Crippen LogP contribution in [0.2, 0.25) is 0 Å². The average Bonchev–Trinajstić information content (AvgIpc) is 2.87. The molecular weight excluding hydrogens is 204 g/mol. The van der Waals surface area contributed by atoms with E-state index < -0.39 is 0 Å². The van der Waals surface area contributed by atoms with Gasteiger partial charge in [0.15, 0.2) is 12.2 Å². The number of hydrogen-bond acceptors (Lipinski definition) is 4. The summed E-state index contributed by atoms with van der Waals surface area (Å²) in [4.78, 5) is 4.21. The van der Waals surface area contributed by atoms with Crippen LogP contribution in [0.3, 0.4) is 0 Å². The summed E-state index contributed by atoms with van der Waals surface area (Å²) < 4.78 is 7.14. The van der Waals surface area contributed by atoms with E-state index in [0.29, 0.717) is 0 Å². The van der Waals surface area contributed by atoms with Gasteiger partial charge < -0.3 is 9.73 Å². The first-order valence-electron chi connectivity index (χ1n) is 5.43. The molecule has 0 atom stereocenters. The quantitative estimate of drug-likeness (QED) is 0.777. The van der Waals surface area contributed by atoms with Crippen molar-refractivity contribution in [2.45, 2.75) is 19.9 Å². The predicted octanol–water partition coefficient (Wildman–Crippen LogP) is 1.57. The Balaban J connectivity index is 2.12. The number of aromatic nitrogens is 3. The van der Waals surface area contributed by atoms with Crippen LogP contribution in [0.5, 0.6) is 0 Å². The summed E-state index contributed by atoms with van der Waals surface area (Å²) in [5.41, 5.74) is 1.90. The Hall–Kier alpha value is -1.62. The highest BCUT2D eigenvalue weighted by molar-refractivity contribution is 5.57. The third kappa shape index (κ3) is 2.30. The van der Waals surface area contributed by atoms with Crippen LogP contribution >= 0.6 is 0 Å². The van der Waals surface area contributed by atoms with Crippen molar-refractivity contribution >= 4 is 0 Å². The number of aryl methyl sites for hydroxylation is 1. The molecule has 0 aromatic carbocycles. The molecule has 2 aromatic rings. The van der Waals surface area contributed by atoms with Crippen LogP contribution in [0.1, 0.15) is 19.0 Å². The number of rotatable bonds is 5. The molecule has 2 heterocycles. The molecule has 0 radical (unpaired) electrons. The summed E-state index contributed by atoms with van der Waals surface area (Å²) in [5, 5.41) is 7.42. The maximum Gasteiger partial charge on any atom is 0.181 e. The van der Waals surface area contributed by atoms with Gasteiger partial charge in [-0.1, -0.05) is 6.92 Å². The second-order valence-electron chi connectivity index (χ2n) is 3.71. The Bertz CT molecular complexity index is 446. The monoisotopic (exact) mass is 220 g/mol. The van der Waals surface area contributed by atoms with Crippen LogP contribution in [-0.2, 0) is 13.6 Å². The second-order valence-corrected chi connectivity index (χ2v) is 3.71. The zero-order chi connectivity index (χ0) is 11.4. The number of hydrogen-bond donors (Lipinski definition) is 1. The van der Waals surface area contributed by atoms with E-state index in [1.54, 1.807) is 10.9 Å². The molecule has 0 bridgehead atoms. The van der Waals surface area contributed by atoms with E-state index in [2.05, 4.69) is 22.3 Å². The topological polar surface area (TPSA) is 55.9 Å². The lowest BCUT2D eigenvalue weighted by Gasteiger charge is -2.00. The minimum Gasteiger partial charge on any atom is -0.443 e. The SMILES string of the molecule is CCCNCc1ncoc1-c1cnn(C)c1. The number of nitrogens with one attached hydrogen (secondary N) is 1. The smallest absolute Gasteiger partial charge is 0.181 e. The Labute approximate surface area is 94.5 Å². The molecule has 0 amide bonds. The van der Waals surface area contributed by atoms with Gasteiger partial charge in [-0.15, -0.1) is 0 Å². The lowest BCUT2D eigenvalue weighted by molar-refractivity contribution is 0.569. The Kier molecular flexibility index (Phi) is 3.36. The molecular formula is C11H16N4O. The molecule has 0 saturated heterocycles. The first-order valence-corrected chi connectivity index (χ1v) is 5.43. The van der Waals surface area contributed by atoms with E-state index in [1.807, 2.05) is 13.2 Å². The molecule has 86 valence electrons. The van der Waals surface area contributed by atoms with Crippen molar-refractivity contribution in [2.75, 3.05) is 6.54 Å². The first kappa shape index (κ1) is 10.9. The molecule has 0 spiro atoms. The third-order valence-electron chi connectivity index (χ3n) is 2.33. The number of oxazole rings is 1. The molecule has 0 saturated carbocycles. The van der Waals surface area contributed by atoms with Gasteiger partial charge in [0.1, 0.15) is 5.69 Å². The van der Waals surface area contributed by atoms with Crippen molar-refractivity contribution in [1.82, 2.24) is 20.1 Å². The zero-order valence-electron chi connectivity index (χ0n) is 9.60. The fraction of sp³-hybridized carbons (Fsp3) is 0.455. The summed E-state index contributed by atoms with van der Waals surface area (Å²) in [6, 6.07) is 0. The van der Waals surface area contributed by atoms with Crippen molar-refractivity contribution in [1.29, 1.82) is 0 Å². The van der Waals surface area contributed by atoms with E-state index in [4.69, 9.17) is 4.42 Å². The highest BCUT2D eigenvalue weighted by atomic mass is 16.3. The van der Waals surface area contributed by atoms with Gasteiger partial charge in [0.2, 0.25) is 0 Å². The van der Waals surface area contributed by atoms with E-state index in [0.717, 1.165) is 36.5 Å². The lowest BCUT2D eigenvalue weighted by atomic mass is 10.2. The highest BCUT2D eigenvalue weighted by Crippen LogP contribution is 2.21. The molecule has 0 aliphatic heterocycles. The van der Waals surface area contributed by atoms with Crippen LogP contribution in [0.15, 0.2) is 23.2 Å². The van der Waals surface area contributed by atoms with Gasteiger partial charge in [-0.3, -0.25) is 4.68 Å². The van der Waals surface area contributed by atoms with Crippen LogP contribution < -0.4 is 5.32 Å². The fourth-order valence-corrected chi connectivity index (χ4v) is 1.55. The van der Waals surface area contributed by atoms with Gasteiger partial charge >= 0.3 is 0 Å². The fourth-order valence-electron chi connectivity index (χ4n) is 1.55. The van der Waals surface area contributed by atoms with E-state index in [9.17, 15) is 0 Å². The van der Waals surface area contributed by atoms with Crippen LogP contribution in [0, 0.1) is 0 Å². The first-order chi connectivity index (χ1) is 7.81. The van der Waals surface area contributed by atoms with E-state index >= 15 is 0 Å². The van der Waals surface area contributed by atoms with E-state index in [1.165, 1.54) is 6.39 Å². The van der Waals surface area contributed by atoms with Crippen molar-refractivity contribution in [2.24, 2.45) is 7.05 Å². The average molecular weight is 220 g/mol. The van der Waals surface area contributed by atoms with Crippen molar-refractivity contribution < 1.29 is 4.42 Å². The molecule has 1 N–H and O–H groups in total. The molecule has 16 heavy (non-hydrogen) atoms. The second kappa shape index (κ2) is 4.94. The summed E-state index contributed by atoms with van der Waals surface area (Å²) in [6.45, 7) is 3.85. The van der Waals surface area contributed by atoms with Gasteiger partial charge in [-0.25, -0.2) is 4.98 Å². The summed E-state index contributed by atoms with van der Waals surface area (Å²) in [5.74, 6) is 0.803. The predicted molar refractivity (Wildman–Crippen MR) is 60.7 cm³/mol. The van der Waals surface area contributed by atoms with Crippen LogP contribution in [-0.4, -0.2) is 21.3 Å². The van der Waals surface area contributed by atoms with Gasteiger partial charge in [-0.2, -0.15) is 5.10 Å². The summed E-state index contributed by atoms with van der Waals surface area (Å²) >= 11 is 0. The van der Waals surface area contributed by atoms with Gasteiger partial charge in [-0.05, 0) is 13.0 Å². The third-order valence-corrected chi connectivity index (χ3v) is 2.33. The molecule has 5 heteroatoms. The van der Waals surface area contributed by atoms with Crippen LogP contribution in [0.25, 0.3) is 11.3 Å². The normalized spacial score (nSPS) is 10.9. The molecule has 2 aromatic heterocycles. The largest absolute Gasteiger partial charge is 0.443 e. The van der Waals surface area contributed by atoms with Gasteiger partial charge in [0.05, 0.1) is 11.8 Å². The van der Waals surface area contributed by atoms with Gasteiger partial charge in [0, 0.05) is 19.8 Å². The molecule has 2 rings (SSSR count). The summed E-state index contributed by atoms with van der Waals surface area (Å²) in [7, 11) is 1.88.